The third-order valence-electron chi connectivity index (χ3n) is 21.0. The zero-order chi connectivity index (χ0) is 79.0. The fraction of sp³-hybridized carbons (Fsp3) is 0.955. The largest absolute Gasteiger partial charge is 0.472 e. The summed E-state index contributed by atoms with van der Waals surface area (Å²) in [6, 6.07) is 0. The van der Waals surface area contributed by atoms with Gasteiger partial charge in [0.25, 0.3) is 0 Å². The minimum absolute atomic E-state index is 0.108. The van der Waals surface area contributed by atoms with E-state index in [4.69, 9.17) is 37.0 Å². The van der Waals surface area contributed by atoms with E-state index in [0.29, 0.717) is 25.7 Å². The summed E-state index contributed by atoms with van der Waals surface area (Å²) in [5, 5.41) is 10.7. The third kappa shape index (κ3) is 82.1. The van der Waals surface area contributed by atoms with Crippen LogP contribution < -0.4 is 0 Å². The number of unbranched alkanes of at least 4 members (excludes halogenated alkanes) is 61. The Kier molecular flexibility index (Phi) is 80.2. The van der Waals surface area contributed by atoms with E-state index in [2.05, 4.69) is 34.6 Å². The van der Waals surface area contributed by atoms with Crippen LogP contribution in [0.5, 0.6) is 0 Å². The van der Waals surface area contributed by atoms with E-state index in [1.54, 1.807) is 0 Å². The Hall–Kier alpha value is -1.94. The van der Waals surface area contributed by atoms with Crippen molar-refractivity contribution >= 4 is 39.5 Å². The second-order valence-electron chi connectivity index (χ2n) is 32.5. The molecule has 0 aromatic carbocycles. The summed E-state index contributed by atoms with van der Waals surface area (Å²) < 4.78 is 69.0. The minimum atomic E-state index is -4.97. The molecule has 2 unspecified atom stereocenters. The van der Waals surface area contributed by atoms with Crippen LogP contribution in [0.4, 0.5) is 0 Å². The Labute approximate surface area is 664 Å². The summed E-state index contributed by atoms with van der Waals surface area (Å²) in [6.07, 6.45) is 76.4. The van der Waals surface area contributed by atoms with E-state index >= 15 is 0 Å². The number of hydrogen-bond acceptors (Lipinski definition) is 15. The molecule has 0 bridgehead atoms. The van der Waals surface area contributed by atoms with Crippen molar-refractivity contribution in [3.8, 4) is 0 Å². The molecule has 0 radical (unpaired) electrons. The van der Waals surface area contributed by atoms with Crippen LogP contribution in [0, 0.1) is 5.92 Å². The Balaban J connectivity index is 5.23. The summed E-state index contributed by atoms with van der Waals surface area (Å²) in [4.78, 5) is 73.3. The van der Waals surface area contributed by atoms with Gasteiger partial charge in [-0.2, -0.15) is 0 Å². The van der Waals surface area contributed by atoms with Gasteiger partial charge in [0, 0.05) is 25.7 Å². The number of ether oxygens (including phenoxy) is 4. The Morgan fingerprint density at radius 3 is 0.630 bits per heavy atom. The van der Waals surface area contributed by atoms with E-state index in [1.165, 1.54) is 308 Å². The Morgan fingerprint density at radius 2 is 0.426 bits per heavy atom. The van der Waals surface area contributed by atoms with Gasteiger partial charge in [-0.15, -0.1) is 0 Å². The van der Waals surface area contributed by atoms with Gasteiger partial charge in [-0.1, -0.05) is 433 Å². The second-order valence-corrected chi connectivity index (χ2v) is 35.4. The predicted molar refractivity (Wildman–Crippen MR) is 446 cm³/mol. The first-order valence-electron chi connectivity index (χ1n) is 46.1. The van der Waals surface area contributed by atoms with E-state index in [-0.39, 0.29) is 25.7 Å². The highest BCUT2D eigenvalue weighted by Crippen LogP contribution is 2.45. The first-order chi connectivity index (χ1) is 52.5. The van der Waals surface area contributed by atoms with Crippen molar-refractivity contribution in [2.45, 2.75) is 502 Å². The van der Waals surface area contributed by atoms with Crippen molar-refractivity contribution in [2.75, 3.05) is 39.6 Å². The molecule has 0 spiro atoms. The lowest BCUT2D eigenvalue weighted by Crippen LogP contribution is -2.30. The fourth-order valence-electron chi connectivity index (χ4n) is 14.0. The number of hydrogen-bond donors (Lipinski definition) is 3. The van der Waals surface area contributed by atoms with Gasteiger partial charge < -0.3 is 33.8 Å². The van der Waals surface area contributed by atoms with E-state index in [1.807, 2.05) is 0 Å². The minimum Gasteiger partial charge on any atom is -0.462 e. The summed E-state index contributed by atoms with van der Waals surface area (Å²) in [5.74, 6) is -1.30. The van der Waals surface area contributed by atoms with Crippen LogP contribution in [-0.2, 0) is 65.4 Å². The van der Waals surface area contributed by atoms with Crippen molar-refractivity contribution in [3.63, 3.8) is 0 Å². The van der Waals surface area contributed by atoms with Crippen LogP contribution >= 0.6 is 15.6 Å². The van der Waals surface area contributed by atoms with Crippen LogP contribution in [-0.4, -0.2) is 96.7 Å². The van der Waals surface area contributed by atoms with Crippen molar-refractivity contribution in [1.29, 1.82) is 0 Å². The first-order valence-corrected chi connectivity index (χ1v) is 49.1. The van der Waals surface area contributed by atoms with Crippen molar-refractivity contribution in [3.05, 3.63) is 0 Å². The molecular weight excluding hydrogens is 1400 g/mol. The smallest absolute Gasteiger partial charge is 0.462 e. The zero-order valence-electron chi connectivity index (χ0n) is 71.0. The van der Waals surface area contributed by atoms with Crippen LogP contribution in [0.3, 0.4) is 0 Å². The average Bonchev–Trinajstić information content (AvgIpc) is 0.898. The van der Waals surface area contributed by atoms with Crippen LogP contribution in [0.25, 0.3) is 0 Å². The summed E-state index contributed by atoms with van der Waals surface area (Å²) in [6.45, 7) is 7.40. The summed E-state index contributed by atoms with van der Waals surface area (Å²) in [7, 11) is -9.93. The number of carbonyl (C=O) groups excluding carboxylic acids is 4. The van der Waals surface area contributed by atoms with Gasteiger partial charge in [0.15, 0.2) is 12.2 Å². The number of aliphatic hydroxyl groups is 1. The highest BCUT2D eigenvalue weighted by atomic mass is 31.2. The number of phosphoric acid groups is 2. The lowest BCUT2D eigenvalue weighted by atomic mass is 10.0. The maximum atomic E-state index is 13.2. The SMILES string of the molecule is CCCCCCCCCCCCCCCCCCCCCCCCC(=O)O[C@H](COC(=O)CCCCCCCCCCCCCCCCCCCC)COP(=O)(O)OC[C@@H](O)COP(=O)(O)OC[C@@H](COC(=O)CCCCCCCCCCCCC)OC(=O)CCCCCCCCCCCCCCCCC(C)C. The number of carbonyl (C=O) groups is 4. The molecule has 0 amide bonds. The standard InChI is InChI=1S/C89H174O17P2/c1-6-9-12-15-18-21-24-26-28-30-32-33-34-35-37-39-44-49-54-59-64-69-74-88(93)106-85(79-100-87(92)73-68-63-58-53-48-43-38-36-31-29-27-25-22-19-16-13-10-7-2)81-104-108(97,98)102-77-83(90)76-101-107(95,96)103-80-84(78-99-86(91)72-67-62-57-52-46-23-20-17-14-11-8-3)105-89(94)75-70-65-60-55-50-45-41-40-42-47-51-56-61-66-71-82(4)5/h82-85,90H,6-81H2,1-5H3,(H,95,96)(H,97,98)/t83-,84+,85+/m0/s1. The maximum Gasteiger partial charge on any atom is 0.472 e. The predicted octanol–water partition coefficient (Wildman–Crippen LogP) is 27.5. The molecule has 0 saturated carbocycles. The van der Waals surface area contributed by atoms with E-state index < -0.39 is 97.5 Å². The molecule has 0 aromatic heterocycles. The number of esters is 4. The van der Waals surface area contributed by atoms with E-state index in [0.717, 1.165) is 95.8 Å². The highest BCUT2D eigenvalue weighted by molar-refractivity contribution is 7.47. The summed E-state index contributed by atoms with van der Waals surface area (Å²) in [5.41, 5.74) is 0. The van der Waals surface area contributed by atoms with E-state index in [9.17, 15) is 43.2 Å². The van der Waals surface area contributed by atoms with Gasteiger partial charge in [0.05, 0.1) is 26.4 Å². The topological polar surface area (TPSA) is 237 Å². The second kappa shape index (κ2) is 81.6. The molecule has 0 aliphatic carbocycles. The van der Waals surface area contributed by atoms with Crippen molar-refractivity contribution in [2.24, 2.45) is 5.92 Å². The van der Waals surface area contributed by atoms with Gasteiger partial charge in [0.1, 0.15) is 19.3 Å². The summed E-state index contributed by atoms with van der Waals surface area (Å²) >= 11 is 0. The average molecular weight is 1580 g/mol. The third-order valence-corrected chi connectivity index (χ3v) is 22.9. The molecule has 5 atom stereocenters. The molecule has 0 heterocycles. The van der Waals surface area contributed by atoms with Crippen molar-refractivity contribution in [1.82, 2.24) is 0 Å². The molecule has 0 rings (SSSR count). The van der Waals surface area contributed by atoms with Crippen LogP contribution in [0.2, 0.25) is 0 Å². The molecule has 0 fully saturated rings. The van der Waals surface area contributed by atoms with Crippen LogP contribution in [0.15, 0.2) is 0 Å². The Morgan fingerprint density at radius 1 is 0.250 bits per heavy atom. The number of phosphoric ester groups is 2. The molecule has 0 aliphatic rings. The van der Waals surface area contributed by atoms with Gasteiger partial charge in [0.2, 0.25) is 0 Å². The lowest BCUT2D eigenvalue weighted by Gasteiger charge is -2.21. The van der Waals surface area contributed by atoms with Crippen LogP contribution in [0.1, 0.15) is 484 Å². The van der Waals surface area contributed by atoms with Gasteiger partial charge >= 0.3 is 39.5 Å². The number of rotatable bonds is 89. The zero-order valence-corrected chi connectivity index (χ0v) is 72.8. The molecule has 19 heteroatoms. The van der Waals surface area contributed by atoms with Gasteiger partial charge in [-0.3, -0.25) is 37.3 Å². The molecule has 3 N–H and O–H groups in total. The number of aliphatic hydroxyl groups excluding tert-OH is 1. The van der Waals surface area contributed by atoms with Gasteiger partial charge in [-0.05, 0) is 31.6 Å². The first kappa shape index (κ1) is 106. The maximum absolute atomic E-state index is 13.2. The normalized spacial score (nSPS) is 13.7. The van der Waals surface area contributed by atoms with Gasteiger partial charge in [-0.25, -0.2) is 9.13 Å². The highest BCUT2D eigenvalue weighted by Gasteiger charge is 2.30. The molecule has 0 saturated heterocycles. The quantitative estimate of drug-likeness (QED) is 0.0222. The molecule has 108 heavy (non-hydrogen) atoms. The molecule has 17 nitrogen and oxygen atoms in total. The molecular formula is C89H174O17P2. The molecule has 0 aliphatic heterocycles. The lowest BCUT2D eigenvalue weighted by molar-refractivity contribution is -0.161. The Bertz CT molecular complexity index is 2050. The fourth-order valence-corrected chi connectivity index (χ4v) is 15.6. The molecule has 642 valence electrons. The van der Waals surface area contributed by atoms with Crippen molar-refractivity contribution < 1.29 is 80.2 Å². The molecule has 0 aromatic rings. The monoisotopic (exact) mass is 1580 g/mol.